The van der Waals surface area contributed by atoms with E-state index in [1.165, 1.54) is 21.1 Å². The van der Waals surface area contributed by atoms with Crippen LogP contribution in [0.3, 0.4) is 0 Å². The summed E-state index contributed by atoms with van der Waals surface area (Å²) in [5, 5.41) is 28.4. The van der Waals surface area contributed by atoms with E-state index in [0.29, 0.717) is 13.3 Å². The molecule has 0 aliphatic heterocycles. The van der Waals surface area contributed by atoms with Gasteiger partial charge >= 0.3 is 57.5 Å². The van der Waals surface area contributed by atoms with Crippen molar-refractivity contribution in [2.24, 2.45) is 23.1 Å². The molecule has 10 N–H and O–H groups in total. The Hall–Kier alpha value is 2.54. The molecule has 0 saturated heterocycles. The first-order valence-electron chi connectivity index (χ1n) is 6.34. The minimum atomic E-state index is -0.968. The van der Waals surface area contributed by atoms with Crippen molar-refractivity contribution in [3.63, 3.8) is 0 Å². The van der Waals surface area contributed by atoms with Crippen LogP contribution in [0.2, 0.25) is 6.82 Å². The van der Waals surface area contributed by atoms with Gasteiger partial charge in [0, 0.05) is 47.1 Å². The summed E-state index contributed by atoms with van der Waals surface area (Å²) >= 11 is 9.54. The first-order chi connectivity index (χ1) is 13.4. The molecule has 0 bridgehead atoms. The minimum absolute atomic E-state index is 0. The third kappa shape index (κ3) is 623. The van der Waals surface area contributed by atoms with Crippen LogP contribution in [0, 0.1) is 20.2 Å². The molecular formula is C8H32B2I6N7O7-. The van der Waals surface area contributed by atoms with E-state index in [-0.39, 0.29) is 31.0 Å². The number of carbonyl (C=O) groups excluding carboxylic acids is 1. The Bertz CT molecular complexity index is 252. The SMILES string of the molecule is CN.CN.CN.CNB(C)O.C[N+](=O)[O-].C[N+](=O)[O-].I.II.I[I-]I.[B]C(=O)ON. The summed E-state index contributed by atoms with van der Waals surface area (Å²) in [5.41, 5.74) is 13.5. The Labute approximate surface area is 250 Å². The maximum absolute atomic E-state index is 9.24. The van der Waals surface area contributed by atoms with Crippen molar-refractivity contribution in [2.75, 3.05) is 42.3 Å². The second-order valence-corrected chi connectivity index (χ2v) is 18.6. The maximum atomic E-state index is 9.24. The summed E-state index contributed by atoms with van der Waals surface area (Å²) in [6, 6.07) is 0. The monoisotopic (exact) mass is 1120 g/mol. The fraction of sp³-hybridized carbons (Fsp3) is 0.875. The van der Waals surface area contributed by atoms with Gasteiger partial charge in [-0.05, 0) is 35.0 Å². The Balaban J connectivity index is -0.0000000192. The van der Waals surface area contributed by atoms with Crippen molar-refractivity contribution in [2.45, 2.75) is 6.82 Å². The van der Waals surface area contributed by atoms with Gasteiger partial charge in [-0.25, -0.2) is 0 Å². The molecule has 190 valence electrons. The molecule has 0 aromatic rings. The third-order valence-corrected chi connectivity index (χ3v) is 0.534. The van der Waals surface area contributed by atoms with Crippen molar-refractivity contribution in [1.29, 1.82) is 0 Å². The number of nitrogens with two attached hydrogens (primary N) is 4. The number of nitro groups is 2. The molecule has 0 aromatic carbocycles. The topological polar surface area (TPSA) is 249 Å². The van der Waals surface area contributed by atoms with E-state index < -0.39 is 15.7 Å². The van der Waals surface area contributed by atoms with Gasteiger partial charge in [-0.1, -0.05) is 0 Å². The number of rotatable bonds is 1. The van der Waals surface area contributed by atoms with Crippen molar-refractivity contribution < 1.29 is 37.8 Å². The summed E-state index contributed by atoms with van der Waals surface area (Å²) in [5.74, 6) is 3.23. The molecule has 0 unspecified atom stereocenters. The molecule has 0 aliphatic rings. The standard InChI is InChI=1S/C2H8BNO.CH2BNO2.2CH3NO2.3CH5N.I3.I2.HI/c1-3(5)4-2;2-1(4)5-3;2*1-2(3)4;3*1-2;1-3-2;1-2;/h4-5H,1-2H3;3H2;2*1H3;3*2H2,1H3;;;1H/q;;;;;;;-1;;. The molecule has 22 heteroatoms. The second kappa shape index (κ2) is 95.6. The number of carbonyl (C=O) groups is 1. The van der Waals surface area contributed by atoms with E-state index in [0.717, 1.165) is 14.1 Å². The Kier molecular flexibility index (Phi) is 203. The summed E-state index contributed by atoms with van der Waals surface area (Å²) in [6.07, 6.45) is 0. The van der Waals surface area contributed by atoms with Crippen molar-refractivity contribution in [3.05, 3.63) is 20.2 Å². The summed E-state index contributed by atoms with van der Waals surface area (Å²) in [4.78, 5) is 29.2. The minimum Gasteiger partial charge on any atom is -0.387 e. The van der Waals surface area contributed by atoms with Gasteiger partial charge in [0.25, 0.3) is 5.87 Å². The van der Waals surface area contributed by atoms with Gasteiger partial charge in [0.15, 0.2) is 14.1 Å². The zero-order valence-corrected chi connectivity index (χ0v) is 30.7. The molecule has 0 spiro atoms. The van der Waals surface area contributed by atoms with Crippen LogP contribution in [0.5, 0.6) is 0 Å². The quantitative estimate of drug-likeness (QED) is 0.0735. The van der Waals surface area contributed by atoms with Crippen molar-refractivity contribution >= 4 is 119 Å². The molecule has 0 aromatic heterocycles. The summed E-state index contributed by atoms with van der Waals surface area (Å²) in [7, 11) is 11.9. The van der Waals surface area contributed by atoms with Gasteiger partial charge in [0.1, 0.15) is 0 Å². The molecule has 0 heterocycles. The van der Waals surface area contributed by atoms with E-state index >= 15 is 0 Å². The van der Waals surface area contributed by atoms with Gasteiger partial charge in [-0.15, -0.1) is 24.0 Å². The fourth-order valence-corrected chi connectivity index (χ4v) is 0. The molecule has 0 amide bonds. The average Bonchev–Trinajstić information content (AvgIpc) is 2.68. The van der Waals surface area contributed by atoms with Crippen LogP contribution < -0.4 is 41.6 Å². The largest absolute Gasteiger partial charge is 0.387 e. The second-order valence-electron chi connectivity index (χ2n) is 2.33. The molecule has 0 saturated carbocycles. The van der Waals surface area contributed by atoms with E-state index in [1.54, 1.807) is 13.9 Å². The molecular weight excluding hydrogens is 1090 g/mol. The van der Waals surface area contributed by atoms with Gasteiger partial charge < -0.3 is 32.3 Å². The van der Waals surface area contributed by atoms with Crippen LogP contribution >= 0.6 is 98.4 Å². The third-order valence-electron chi connectivity index (χ3n) is 0.534. The Morgan fingerprint density at radius 2 is 1.13 bits per heavy atom. The predicted octanol–water partition coefficient (Wildman–Crippen LogP) is -1.84. The number of halogens is 6. The van der Waals surface area contributed by atoms with Crippen molar-refractivity contribution in [3.8, 4) is 0 Å². The van der Waals surface area contributed by atoms with Crippen LogP contribution in [0.25, 0.3) is 0 Å². The van der Waals surface area contributed by atoms with Crippen molar-refractivity contribution in [1.82, 2.24) is 5.23 Å². The molecule has 0 fully saturated rings. The molecule has 0 atom stereocenters. The Morgan fingerprint density at radius 3 is 1.13 bits per heavy atom. The molecule has 0 aliphatic carbocycles. The zero-order chi connectivity index (χ0) is 26.4. The molecule has 14 nitrogen and oxygen atoms in total. The first-order valence-corrected chi connectivity index (χ1v) is 25.2. The van der Waals surface area contributed by atoms with Crippen LogP contribution in [-0.4, -0.2) is 77.9 Å². The average molecular weight is 1120 g/mol. The van der Waals surface area contributed by atoms with Gasteiger partial charge in [0.05, 0.1) is 0 Å². The van der Waals surface area contributed by atoms with Crippen LogP contribution in [-0.2, 0) is 4.84 Å². The van der Waals surface area contributed by atoms with Gasteiger partial charge in [-0.2, -0.15) is 5.90 Å². The zero-order valence-electron chi connectivity index (χ0n) is 17.6. The van der Waals surface area contributed by atoms with E-state index in [1.807, 2.05) is 0 Å². The number of nitrogens with zero attached hydrogens (tertiary/aromatic N) is 2. The molecule has 2 radical (unpaired) electrons. The maximum Gasteiger partial charge on any atom is 0.257 e. The molecule has 30 heavy (non-hydrogen) atoms. The summed E-state index contributed by atoms with van der Waals surface area (Å²) < 4.78 is 0. The number of nitrogens with one attached hydrogen (secondary N) is 1. The van der Waals surface area contributed by atoms with Crippen LogP contribution in [0.1, 0.15) is 0 Å². The number of hydrogen-bond acceptors (Lipinski definition) is 12. The van der Waals surface area contributed by atoms with Crippen LogP contribution in [0.15, 0.2) is 0 Å². The number of hydrogen-bond donors (Lipinski definition) is 6. The fourth-order valence-electron chi connectivity index (χ4n) is 0. The van der Waals surface area contributed by atoms with E-state index in [2.05, 4.69) is 115 Å². The van der Waals surface area contributed by atoms with E-state index in [4.69, 9.17) is 25.3 Å². The normalized spacial score (nSPS) is 5.60. The van der Waals surface area contributed by atoms with Crippen LogP contribution in [0.4, 0.5) is 4.79 Å². The Morgan fingerprint density at radius 1 is 1.07 bits per heavy atom. The van der Waals surface area contributed by atoms with Gasteiger partial charge in [-0.3, -0.25) is 25.0 Å². The van der Waals surface area contributed by atoms with Gasteiger partial charge in [0.2, 0.25) is 7.85 Å². The van der Waals surface area contributed by atoms with E-state index in [9.17, 15) is 4.79 Å². The molecule has 0 rings (SSSR count). The predicted molar refractivity (Wildman–Crippen MR) is 167 cm³/mol. The first kappa shape index (κ1) is 63.7. The smallest absolute Gasteiger partial charge is 0.257 e. The summed E-state index contributed by atoms with van der Waals surface area (Å²) in [6.45, 7) is 1.67.